The van der Waals surface area contributed by atoms with Crippen molar-refractivity contribution in [2.75, 3.05) is 5.32 Å². The summed E-state index contributed by atoms with van der Waals surface area (Å²) in [6, 6.07) is 15.4. The summed E-state index contributed by atoms with van der Waals surface area (Å²) in [7, 11) is 0. The molecule has 0 fully saturated rings. The van der Waals surface area contributed by atoms with Crippen molar-refractivity contribution in [2.24, 2.45) is 0 Å². The molecule has 0 saturated heterocycles. The molecule has 1 atom stereocenters. The Morgan fingerprint density at radius 2 is 1.95 bits per heavy atom. The second kappa shape index (κ2) is 6.91. The zero-order valence-electron chi connectivity index (χ0n) is 11.1. The topological polar surface area (TPSA) is 29.1 Å². The van der Waals surface area contributed by atoms with Gasteiger partial charge in [0.2, 0.25) is 5.91 Å². The van der Waals surface area contributed by atoms with Crippen LogP contribution in [0.2, 0.25) is 5.02 Å². The van der Waals surface area contributed by atoms with Crippen LogP contribution in [0, 0.1) is 0 Å². The molecule has 0 heterocycles. The maximum Gasteiger partial charge on any atom is 0.225 e. The number of amides is 1. The van der Waals surface area contributed by atoms with Crippen molar-refractivity contribution in [1.29, 1.82) is 0 Å². The second-order valence-corrected chi connectivity index (χ2v) is 6.01. The Kier molecular flexibility index (Phi) is 5.21. The fourth-order valence-corrected chi connectivity index (χ4v) is 2.69. The second-order valence-electron chi connectivity index (χ2n) is 4.69. The first-order chi connectivity index (χ1) is 9.56. The molecule has 2 aromatic rings. The van der Waals surface area contributed by atoms with Gasteiger partial charge >= 0.3 is 0 Å². The third-order valence-corrected chi connectivity index (χ3v) is 3.87. The van der Waals surface area contributed by atoms with E-state index >= 15 is 0 Å². The molecule has 0 aromatic heterocycles. The first-order valence-electron chi connectivity index (χ1n) is 6.36. The maximum absolute atomic E-state index is 12.1. The van der Waals surface area contributed by atoms with E-state index in [4.69, 9.17) is 11.6 Å². The molecule has 0 aliphatic heterocycles. The van der Waals surface area contributed by atoms with Crippen molar-refractivity contribution < 1.29 is 4.79 Å². The lowest BCUT2D eigenvalue weighted by Gasteiger charge is -2.12. The van der Waals surface area contributed by atoms with Gasteiger partial charge in [0.25, 0.3) is 0 Å². The van der Waals surface area contributed by atoms with Gasteiger partial charge in [-0.2, -0.15) is 0 Å². The van der Waals surface area contributed by atoms with Crippen LogP contribution in [0.1, 0.15) is 24.8 Å². The van der Waals surface area contributed by atoms with Crippen LogP contribution in [0.3, 0.4) is 0 Å². The third-order valence-electron chi connectivity index (χ3n) is 3.07. The average molecular weight is 353 g/mol. The number of rotatable bonds is 4. The van der Waals surface area contributed by atoms with Crippen LogP contribution in [-0.2, 0) is 4.79 Å². The molecule has 0 unspecified atom stereocenters. The number of benzene rings is 2. The number of anilines is 1. The molecule has 1 N–H and O–H groups in total. The molecular formula is C16H15BrClNO. The molecule has 0 bridgehead atoms. The Bertz CT molecular complexity index is 601. The first kappa shape index (κ1) is 15.1. The molecule has 0 radical (unpaired) electrons. The van der Waals surface area contributed by atoms with E-state index in [-0.39, 0.29) is 11.8 Å². The highest BCUT2D eigenvalue weighted by atomic mass is 79.9. The minimum Gasteiger partial charge on any atom is -0.325 e. The molecule has 1 amide bonds. The van der Waals surface area contributed by atoms with Gasteiger partial charge in [-0.25, -0.2) is 0 Å². The van der Waals surface area contributed by atoms with E-state index in [1.165, 1.54) is 0 Å². The van der Waals surface area contributed by atoms with Gasteiger partial charge in [-0.1, -0.05) is 64.8 Å². The standard InChI is InChI=1S/C16H15BrClNO/c1-11(12-5-3-2-4-6-12)9-16(20)19-15-8-7-13(17)10-14(15)18/h2-8,10-11H,9H2,1H3,(H,19,20)/t11-/m1/s1. The Hall–Kier alpha value is -1.32. The van der Waals surface area contributed by atoms with Gasteiger partial charge in [-0.05, 0) is 29.7 Å². The summed E-state index contributed by atoms with van der Waals surface area (Å²) < 4.78 is 0.887. The van der Waals surface area contributed by atoms with Gasteiger partial charge in [-0.3, -0.25) is 4.79 Å². The van der Waals surface area contributed by atoms with Gasteiger partial charge in [0.15, 0.2) is 0 Å². The van der Waals surface area contributed by atoms with Crippen LogP contribution < -0.4 is 5.32 Å². The Labute approximate surface area is 132 Å². The smallest absolute Gasteiger partial charge is 0.225 e. The summed E-state index contributed by atoms with van der Waals surface area (Å²) in [5, 5.41) is 3.37. The van der Waals surface area contributed by atoms with Gasteiger partial charge in [0.05, 0.1) is 10.7 Å². The zero-order valence-corrected chi connectivity index (χ0v) is 13.4. The molecular weight excluding hydrogens is 338 g/mol. The maximum atomic E-state index is 12.1. The summed E-state index contributed by atoms with van der Waals surface area (Å²) in [5.74, 6) is 0.135. The van der Waals surface area contributed by atoms with Crippen molar-refractivity contribution in [1.82, 2.24) is 0 Å². The summed E-state index contributed by atoms with van der Waals surface area (Å²) in [5.41, 5.74) is 1.80. The van der Waals surface area contributed by atoms with Crippen LogP contribution in [0.25, 0.3) is 0 Å². The summed E-state index contributed by atoms with van der Waals surface area (Å²) in [6.07, 6.45) is 0.427. The minimum atomic E-state index is -0.0365. The largest absolute Gasteiger partial charge is 0.325 e. The third kappa shape index (κ3) is 4.09. The van der Waals surface area contributed by atoms with Crippen LogP contribution in [0.5, 0.6) is 0 Å². The SMILES string of the molecule is C[C@H](CC(=O)Nc1ccc(Br)cc1Cl)c1ccccc1. The molecule has 0 aliphatic carbocycles. The highest BCUT2D eigenvalue weighted by Crippen LogP contribution is 2.26. The number of carbonyl (C=O) groups excluding carboxylic acids is 1. The highest BCUT2D eigenvalue weighted by molar-refractivity contribution is 9.10. The molecule has 104 valence electrons. The van der Waals surface area contributed by atoms with Crippen LogP contribution >= 0.6 is 27.5 Å². The highest BCUT2D eigenvalue weighted by Gasteiger charge is 2.12. The zero-order chi connectivity index (χ0) is 14.5. The number of hydrogen-bond donors (Lipinski definition) is 1. The van der Waals surface area contributed by atoms with Crippen molar-refractivity contribution in [3.05, 3.63) is 63.6 Å². The lowest BCUT2D eigenvalue weighted by molar-refractivity contribution is -0.116. The molecule has 4 heteroatoms. The van der Waals surface area contributed by atoms with E-state index in [9.17, 15) is 4.79 Å². The predicted molar refractivity (Wildman–Crippen MR) is 87.3 cm³/mol. The fourth-order valence-electron chi connectivity index (χ4n) is 1.97. The van der Waals surface area contributed by atoms with Crippen LogP contribution in [-0.4, -0.2) is 5.91 Å². The Morgan fingerprint density at radius 3 is 2.60 bits per heavy atom. The predicted octanol–water partition coefficient (Wildman–Crippen LogP) is 5.23. The van der Waals surface area contributed by atoms with E-state index in [0.717, 1.165) is 10.0 Å². The average Bonchev–Trinajstić information content (AvgIpc) is 2.43. The van der Waals surface area contributed by atoms with Gasteiger partial charge < -0.3 is 5.32 Å². The molecule has 2 rings (SSSR count). The molecule has 0 aliphatic rings. The Morgan fingerprint density at radius 1 is 1.25 bits per heavy atom. The van der Waals surface area contributed by atoms with Crippen molar-refractivity contribution in [2.45, 2.75) is 19.3 Å². The van der Waals surface area contributed by atoms with Gasteiger partial charge in [-0.15, -0.1) is 0 Å². The van der Waals surface area contributed by atoms with Gasteiger partial charge in [0, 0.05) is 10.9 Å². The number of halogens is 2. The first-order valence-corrected chi connectivity index (χ1v) is 7.53. The summed E-state index contributed by atoms with van der Waals surface area (Å²) in [6.45, 7) is 2.04. The van der Waals surface area contributed by atoms with Crippen molar-refractivity contribution in [3.8, 4) is 0 Å². The van der Waals surface area contributed by atoms with E-state index in [1.807, 2.05) is 43.3 Å². The number of carbonyl (C=O) groups is 1. The van der Waals surface area contributed by atoms with Crippen LogP contribution in [0.4, 0.5) is 5.69 Å². The molecule has 0 saturated carbocycles. The van der Waals surface area contributed by atoms with E-state index in [1.54, 1.807) is 12.1 Å². The van der Waals surface area contributed by atoms with Crippen molar-refractivity contribution >= 4 is 39.1 Å². The molecule has 2 aromatic carbocycles. The van der Waals surface area contributed by atoms with Crippen LogP contribution in [0.15, 0.2) is 53.0 Å². The van der Waals surface area contributed by atoms with E-state index < -0.39 is 0 Å². The number of hydrogen-bond acceptors (Lipinski definition) is 1. The van der Waals surface area contributed by atoms with Crippen molar-refractivity contribution in [3.63, 3.8) is 0 Å². The van der Waals surface area contributed by atoms with E-state index in [2.05, 4.69) is 21.2 Å². The molecule has 0 spiro atoms. The lowest BCUT2D eigenvalue weighted by atomic mass is 9.97. The quantitative estimate of drug-likeness (QED) is 0.801. The Balaban J connectivity index is 1.99. The van der Waals surface area contributed by atoms with Gasteiger partial charge in [0.1, 0.15) is 0 Å². The minimum absolute atomic E-state index is 0.0365. The molecule has 2 nitrogen and oxygen atoms in total. The monoisotopic (exact) mass is 351 g/mol. The normalized spacial score (nSPS) is 11.9. The fraction of sp³-hybridized carbons (Fsp3) is 0.188. The summed E-state index contributed by atoms with van der Waals surface area (Å²) in [4.78, 5) is 12.1. The number of nitrogens with one attached hydrogen (secondary N) is 1. The lowest BCUT2D eigenvalue weighted by Crippen LogP contribution is -2.14. The van der Waals surface area contributed by atoms with E-state index in [0.29, 0.717) is 17.1 Å². The molecule has 20 heavy (non-hydrogen) atoms. The summed E-state index contributed by atoms with van der Waals surface area (Å²) >= 11 is 9.42.